The van der Waals surface area contributed by atoms with Crippen molar-refractivity contribution in [3.05, 3.63) is 10.7 Å². The number of hydrogen-bond donors (Lipinski definition) is 1. The highest BCUT2D eigenvalue weighted by Crippen LogP contribution is 2.15. The first kappa shape index (κ1) is 11.0. The minimum atomic E-state index is 0.0162. The van der Waals surface area contributed by atoms with Crippen LogP contribution in [0.4, 0.5) is 5.82 Å². The normalized spacial score (nSPS) is 10.2. The molecule has 0 aromatic carbocycles. The number of nitrogens with zero attached hydrogens (tertiary/aromatic N) is 3. The Hall–Kier alpha value is -1.04. The maximum absolute atomic E-state index is 11.5. The van der Waals surface area contributed by atoms with Gasteiger partial charge < -0.3 is 10.6 Å². The number of amides is 1. The molecule has 1 aromatic heterocycles. The van der Waals surface area contributed by atoms with Crippen LogP contribution in [0, 0.1) is 0 Å². The molecular weight excluding hydrogens is 248 g/mol. The van der Waals surface area contributed by atoms with Crippen LogP contribution in [0.3, 0.4) is 0 Å². The van der Waals surface area contributed by atoms with Crippen molar-refractivity contribution in [2.24, 2.45) is 0 Å². The highest BCUT2D eigenvalue weighted by molar-refractivity contribution is 9.10. The Morgan fingerprint density at radius 3 is 2.86 bits per heavy atom. The first-order chi connectivity index (χ1) is 6.54. The summed E-state index contributed by atoms with van der Waals surface area (Å²) in [5, 5.41) is 3.97. The van der Waals surface area contributed by atoms with E-state index in [0.717, 1.165) is 0 Å². The SMILES string of the molecule is CCN(C)C(=O)Cn1cc(Br)c(N)n1. The molecule has 1 heterocycles. The molecule has 0 spiro atoms. The molecule has 14 heavy (non-hydrogen) atoms. The van der Waals surface area contributed by atoms with Crippen LogP contribution in [-0.4, -0.2) is 34.2 Å². The van der Waals surface area contributed by atoms with Gasteiger partial charge in [0, 0.05) is 19.8 Å². The smallest absolute Gasteiger partial charge is 0.244 e. The topological polar surface area (TPSA) is 64.2 Å². The second-order valence-corrected chi connectivity index (χ2v) is 3.82. The van der Waals surface area contributed by atoms with E-state index in [2.05, 4.69) is 21.0 Å². The van der Waals surface area contributed by atoms with Gasteiger partial charge in [-0.3, -0.25) is 9.48 Å². The third-order valence-corrected chi connectivity index (χ3v) is 2.55. The molecular formula is C8H13BrN4O. The van der Waals surface area contributed by atoms with Crippen LogP contribution in [-0.2, 0) is 11.3 Å². The fourth-order valence-electron chi connectivity index (χ4n) is 0.929. The second kappa shape index (κ2) is 4.45. The molecule has 0 saturated carbocycles. The number of carbonyl (C=O) groups is 1. The van der Waals surface area contributed by atoms with Crippen molar-refractivity contribution >= 4 is 27.7 Å². The number of nitrogen functional groups attached to an aromatic ring is 1. The lowest BCUT2D eigenvalue weighted by atomic mass is 10.5. The molecule has 6 heteroatoms. The van der Waals surface area contributed by atoms with Gasteiger partial charge in [-0.2, -0.15) is 5.10 Å². The molecule has 0 aliphatic rings. The quantitative estimate of drug-likeness (QED) is 0.871. The minimum absolute atomic E-state index is 0.0162. The first-order valence-electron chi connectivity index (χ1n) is 4.27. The molecule has 0 aliphatic carbocycles. The van der Waals surface area contributed by atoms with E-state index < -0.39 is 0 Å². The van der Waals surface area contributed by atoms with Crippen LogP contribution in [0.1, 0.15) is 6.92 Å². The fourth-order valence-corrected chi connectivity index (χ4v) is 1.24. The zero-order valence-electron chi connectivity index (χ0n) is 8.20. The van der Waals surface area contributed by atoms with Crippen molar-refractivity contribution in [3.8, 4) is 0 Å². The third kappa shape index (κ3) is 2.47. The van der Waals surface area contributed by atoms with Gasteiger partial charge in [0.25, 0.3) is 0 Å². The Bertz CT molecular complexity index is 317. The number of nitrogens with two attached hydrogens (primary N) is 1. The lowest BCUT2D eigenvalue weighted by molar-refractivity contribution is -0.130. The highest BCUT2D eigenvalue weighted by atomic mass is 79.9. The summed E-state index contributed by atoms with van der Waals surface area (Å²) in [7, 11) is 1.75. The van der Waals surface area contributed by atoms with E-state index in [-0.39, 0.29) is 12.5 Å². The van der Waals surface area contributed by atoms with E-state index in [1.165, 1.54) is 4.68 Å². The van der Waals surface area contributed by atoms with Gasteiger partial charge in [-0.15, -0.1) is 0 Å². The molecule has 5 nitrogen and oxygen atoms in total. The van der Waals surface area contributed by atoms with E-state index in [0.29, 0.717) is 16.8 Å². The number of anilines is 1. The van der Waals surface area contributed by atoms with Gasteiger partial charge in [0.2, 0.25) is 5.91 Å². The zero-order valence-corrected chi connectivity index (χ0v) is 9.78. The Balaban J connectivity index is 2.65. The summed E-state index contributed by atoms with van der Waals surface area (Å²) >= 11 is 3.23. The van der Waals surface area contributed by atoms with Crippen LogP contribution < -0.4 is 5.73 Å². The Morgan fingerprint density at radius 2 is 2.43 bits per heavy atom. The average molecular weight is 261 g/mol. The lowest BCUT2D eigenvalue weighted by Crippen LogP contribution is -2.30. The molecule has 1 aromatic rings. The zero-order chi connectivity index (χ0) is 10.7. The van der Waals surface area contributed by atoms with Crippen molar-refractivity contribution in [2.45, 2.75) is 13.5 Å². The Kier molecular flexibility index (Phi) is 3.51. The maximum Gasteiger partial charge on any atom is 0.244 e. The monoisotopic (exact) mass is 260 g/mol. The van der Waals surface area contributed by atoms with Gasteiger partial charge >= 0.3 is 0 Å². The van der Waals surface area contributed by atoms with Crippen molar-refractivity contribution in [1.82, 2.24) is 14.7 Å². The van der Waals surface area contributed by atoms with Crippen LogP contribution in [0.5, 0.6) is 0 Å². The average Bonchev–Trinajstić information content (AvgIpc) is 2.44. The standard InChI is InChI=1S/C8H13BrN4O/c1-3-12(2)7(14)5-13-4-6(9)8(10)11-13/h4H,3,5H2,1-2H3,(H2,10,11). The summed E-state index contributed by atoms with van der Waals surface area (Å²) in [6.07, 6.45) is 1.69. The molecule has 78 valence electrons. The fraction of sp³-hybridized carbons (Fsp3) is 0.500. The number of hydrogen-bond acceptors (Lipinski definition) is 3. The largest absolute Gasteiger partial charge is 0.381 e. The van der Waals surface area contributed by atoms with Crippen molar-refractivity contribution < 1.29 is 4.79 Å². The predicted molar refractivity (Wildman–Crippen MR) is 57.7 cm³/mol. The van der Waals surface area contributed by atoms with E-state index in [1.807, 2.05) is 6.92 Å². The van der Waals surface area contributed by atoms with Gasteiger partial charge in [-0.1, -0.05) is 0 Å². The van der Waals surface area contributed by atoms with Crippen molar-refractivity contribution in [1.29, 1.82) is 0 Å². The second-order valence-electron chi connectivity index (χ2n) is 2.97. The van der Waals surface area contributed by atoms with Crippen LogP contribution in [0.15, 0.2) is 10.7 Å². The third-order valence-electron chi connectivity index (χ3n) is 1.94. The molecule has 0 unspecified atom stereocenters. The Morgan fingerprint density at radius 1 is 1.79 bits per heavy atom. The predicted octanol–water partition coefficient (Wildman–Crippen LogP) is 0.706. The van der Waals surface area contributed by atoms with Gasteiger partial charge in [0.05, 0.1) is 4.47 Å². The minimum Gasteiger partial charge on any atom is -0.381 e. The van der Waals surface area contributed by atoms with Gasteiger partial charge in [0.15, 0.2) is 5.82 Å². The van der Waals surface area contributed by atoms with Crippen LogP contribution >= 0.6 is 15.9 Å². The summed E-state index contributed by atoms with van der Waals surface area (Å²) in [5.74, 6) is 0.416. The Labute approximate surface area is 91.0 Å². The number of aromatic nitrogens is 2. The van der Waals surface area contributed by atoms with Crippen molar-refractivity contribution in [3.63, 3.8) is 0 Å². The number of rotatable bonds is 3. The summed E-state index contributed by atoms with van der Waals surface area (Å²) in [5.41, 5.74) is 5.52. The van der Waals surface area contributed by atoms with Gasteiger partial charge in [0.1, 0.15) is 6.54 Å². The molecule has 0 bridgehead atoms. The van der Waals surface area contributed by atoms with Gasteiger partial charge in [-0.25, -0.2) is 0 Å². The summed E-state index contributed by atoms with van der Waals surface area (Å²) in [4.78, 5) is 13.1. The van der Waals surface area contributed by atoms with Crippen molar-refractivity contribution in [2.75, 3.05) is 19.3 Å². The summed E-state index contributed by atoms with van der Waals surface area (Å²) in [6.45, 7) is 2.84. The molecule has 0 fully saturated rings. The summed E-state index contributed by atoms with van der Waals surface area (Å²) in [6, 6.07) is 0. The van der Waals surface area contributed by atoms with Gasteiger partial charge in [-0.05, 0) is 22.9 Å². The number of carbonyl (C=O) groups excluding carboxylic acids is 1. The molecule has 0 saturated heterocycles. The highest BCUT2D eigenvalue weighted by Gasteiger charge is 2.09. The van der Waals surface area contributed by atoms with Crippen LogP contribution in [0.25, 0.3) is 0 Å². The molecule has 1 amide bonds. The molecule has 0 aliphatic heterocycles. The summed E-state index contributed by atoms with van der Waals surface area (Å²) < 4.78 is 2.23. The van der Waals surface area contributed by atoms with E-state index in [9.17, 15) is 4.79 Å². The van der Waals surface area contributed by atoms with E-state index >= 15 is 0 Å². The molecule has 1 rings (SSSR count). The number of halogens is 1. The lowest BCUT2D eigenvalue weighted by Gasteiger charge is -2.13. The first-order valence-corrected chi connectivity index (χ1v) is 5.06. The molecule has 0 radical (unpaired) electrons. The maximum atomic E-state index is 11.5. The van der Waals surface area contributed by atoms with E-state index in [4.69, 9.17) is 5.73 Å². The molecule has 0 atom stereocenters. The van der Waals surface area contributed by atoms with E-state index in [1.54, 1.807) is 18.1 Å². The van der Waals surface area contributed by atoms with Crippen LogP contribution in [0.2, 0.25) is 0 Å². The number of likely N-dealkylation sites (N-methyl/N-ethyl adjacent to an activating group) is 1. The molecule has 2 N–H and O–H groups in total.